The van der Waals surface area contributed by atoms with E-state index in [9.17, 15) is 4.79 Å². The van der Waals surface area contributed by atoms with Gasteiger partial charge in [-0.05, 0) is 32.5 Å². The first-order valence-corrected chi connectivity index (χ1v) is 6.71. The van der Waals surface area contributed by atoms with Gasteiger partial charge in [-0.15, -0.1) is 0 Å². The predicted molar refractivity (Wildman–Crippen MR) is 68.4 cm³/mol. The van der Waals surface area contributed by atoms with Crippen LogP contribution in [-0.2, 0) is 4.79 Å². The van der Waals surface area contributed by atoms with Crippen LogP contribution in [0.15, 0.2) is 0 Å². The summed E-state index contributed by atoms with van der Waals surface area (Å²) in [4.78, 5) is 13.7. The Kier molecular flexibility index (Phi) is 9.10. The van der Waals surface area contributed by atoms with E-state index in [1.165, 1.54) is 0 Å². The molecular formula is C11H23BrN2O. The molecule has 0 saturated heterocycles. The Hall–Kier alpha value is -0.0900. The van der Waals surface area contributed by atoms with Crippen LogP contribution in [0.2, 0.25) is 0 Å². The SMILES string of the molecule is CC[C@@H](Br)C(=O)NCCCN(CC)CC. The minimum absolute atomic E-state index is 0.0362. The van der Waals surface area contributed by atoms with Gasteiger partial charge < -0.3 is 10.2 Å². The van der Waals surface area contributed by atoms with Gasteiger partial charge in [0.1, 0.15) is 0 Å². The molecule has 0 bridgehead atoms. The lowest BCUT2D eigenvalue weighted by atomic mass is 10.3. The zero-order valence-electron chi connectivity index (χ0n) is 10.1. The smallest absolute Gasteiger partial charge is 0.233 e. The van der Waals surface area contributed by atoms with Crippen molar-refractivity contribution in [3.8, 4) is 0 Å². The molecule has 0 aliphatic carbocycles. The fourth-order valence-corrected chi connectivity index (χ4v) is 1.51. The molecule has 0 saturated carbocycles. The molecule has 0 aliphatic rings. The summed E-state index contributed by atoms with van der Waals surface area (Å²) in [6.45, 7) is 10.3. The number of nitrogens with one attached hydrogen (secondary N) is 1. The van der Waals surface area contributed by atoms with E-state index in [-0.39, 0.29) is 10.7 Å². The minimum Gasteiger partial charge on any atom is -0.355 e. The van der Waals surface area contributed by atoms with Crippen molar-refractivity contribution in [1.82, 2.24) is 10.2 Å². The van der Waals surface area contributed by atoms with E-state index in [4.69, 9.17) is 0 Å². The maximum absolute atomic E-state index is 11.4. The number of alkyl halides is 1. The quantitative estimate of drug-likeness (QED) is 0.544. The highest BCUT2D eigenvalue weighted by Crippen LogP contribution is 2.03. The Morgan fingerprint density at radius 3 is 2.40 bits per heavy atom. The Labute approximate surface area is 102 Å². The van der Waals surface area contributed by atoms with Gasteiger partial charge in [-0.3, -0.25) is 4.79 Å². The van der Waals surface area contributed by atoms with Crippen LogP contribution in [0.5, 0.6) is 0 Å². The highest BCUT2D eigenvalue weighted by Gasteiger charge is 2.10. The van der Waals surface area contributed by atoms with Crippen LogP contribution in [-0.4, -0.2) is 41.8 Å². The Balaban J connectivity index is 3.49. The molecule has 0 aliphatic heterocycles. The summed E-state index contributed by atoms with van der Waals surface area (Å²) < 4.78 is 0. The number of hydrogen-bond acceptors (Lipinski definition) is 2. The first-order chi connectivity index (χ1) is 7.15. The van der Waals surface area contributed by atoms with Crippen molar-refractivity contribution < 1.29 is 4.79 Å². The zero-order chi connectivity index (χ0) is 11.7. The van der Waals surface area contributed by atoms with Crippen LogP contribution in [0.4, 0.5) is 0 Å². The highest BCUT2D eigenvalue weighted by atomic mass is 79.9. The molecule has 15 heavy (non-hydrogen) atoms. The summed E-state index contributed by atoms with van der Waals surface area (Å²) in [5.41, 5.74) is 0. The number of amides is 1. The second-order valence-electron chi connectivity index (χ2n) is 3.55. The molecule has 1 atom stereocenters. The topological polar surface area (TPSA) is 32.3 Å². The predicted octanol–water partition coefficient (Wildman–Crippen LogP) is 2.01. The number of rotatable bonds is 8. The van der Waals surface area contributed by atoms with Crippen molar-refractivity contribution in [2.75, 3.05) is 26.2 Å². The van der Waals surface area contributed by atoms with E-state index in [0.29, 0.717) is 0 Å². The summed E-state index contributed by atoms with van der Waals surface area (Å²) in [5, 5.41) is 2.92. The van der Waals surface area contributed by atoms with Gasteiger partial charge >= 0.3 is 0 Å². The monoisotopic (exact) mass is 278 g/mol. The van der Waals surface area contributed by atoms with Gasteiger partial charge in [-0.1, -0.05) is 36.7 Å². The summed E-state index contributed by atoms with van der Waals surface area (Å²) >= 11 is 3.33. The van der Waals surface area contributed by atoms with Crippen molar-refractivity contribution in [1.29, 1.82) is 0 Å². The number of carbonyl (C=O) groups is 1. The Morgan fingerprint density at radius 1 is 1.33 bits per heavy atom. The van der Waals surface area contributed by atoms with E-state index in [0.717, 1.165) is 39.0 Å². The molecule has 0 spiro atoms. The molecule has 0 rings (SSSR count). The Bertz CT molecular complexity index is 172. The molecule has 0 radical (unpaired) electrons. The molecule has 0 heterocycles. The van der Waals surface area contributed by atoms with Crippen molar-refractivity contribution >= 4 is 21.8 Å². The van der Waals surface area contributed by atoms with E-state index < -0.39 is 0 Å². The lowest BCUT2D eigenvalue weighted by molar-refractivity contribution is -0.120. The number of hydrogen-bond donors (Lipinski definition) is 1. The molecule has 0 aromatic heterocycles. The van der Waals surface area contributed by atoms with E-state index in [1.54, 1.807) is 0 Å². The molecular weight excluding hydrogens is 256 g/mol. The van der Waals surface area contributed by atoms with Crippen LogP contribution in [0.1, 0.15) is 33.6 Å². The molecule has 1 amide bonds. The van der Waals surface area contributed by atoms with E-state index in [1.807, 2.05) is 6.92 Å². The van der Waals surface area contributed by atoms with Gasteiger partial charge in [0.2, 0.25) is 5.91 Å². The van der Waals surface area contributed by atoms with Crippen molar-refractivity contribution in [2.24, 2.45) is 0 Å². The van der Waals surface area contributed by atoms with Crippen LogP contribution < -0.4 is 5.32 Å². The second-order valence-corrected chi connectivity index (χ2v) is 4.65. The van der Waals surface area contributed by atoms with Gasteiger partial charge in [0, 0.05) is 6.54 Å². The molecule has 0 aromatic carbocycles. The second kappa shape index (κ2) is 9.16. The third-order valence-electron chi connectivity index (χ3n) is 2.49. The van der Waals surface area contributed by atoms with E-state index in [2.05, 4.69) is 40.0 Å². The van der Waals surface area contributed by atoms with Crippen LogP contribution in [0, 0.1) is 0 Å². The number of halogens is 1. The molecule has 0 aromatic rings. The highest BCUT2D eigenvalue weighted by molar-refractivity contribution is 9.10. The fourth-order valence-electron chi connectivity index (χ4n) is 1.35. The van der Waals surface area contributed by atoms with Gasteiger partial charge in [0.25, 0.3) is 0 Å². The molecule has 4 heteroatoms. The maximum atomic E-state index is 11.4. The van der Waals surface area contributed by atoms with E-state index >= 15 is 0 Å². The summed E-state index contributed by atoms with van der Waals surface area (Å²) in [6, 6.07) is 0. The minimum atomic E-state index is -0.0362. The summed E-state index contributed by atoms with van der Waals surface area (Å²) in [6.07, 6.45) is 1.86. The normalized spacial score (nSPS) is 12.9. The number of carbonyl (C=O) groups excluding carboxylic acids is 1. The first kappa shape index (κ1) is 14.9. The van der Waals surface area contributed by atoms with Crippen LogP contribution in [0.25, 0.3) is 0 Å². The third kappa shape index (κ3) is 6.90. The average Bonchev–Trinajstić information content (AvgIpc) is 2.27. The lowest BCUT2D eigenvalue weighted by Gasteiger charge is -2.18. The molecule has 3 nitrogen and oxygen atoms in total. The number of nitrogens with zero attached hydrogens (tertiary/aromatic N) is 1. The molecule has 0 unspecified atom stereocenters. The lowest BCUT2D eigenvalue weighted by Crippen LogP contribution is -2.33. The molecule has 0 fully saturated rings. The third-order valence-corrected chi connectivity index (χ3v) is 3.55. The molecule has 90 valence electrons. The summed E-state index contributed by atoms with van der Waals surface area (Å²) in [7, 11) is 0. The first-order valence-electron chi connectivity index (χ1n) is 5.79. The maximum Gasteiger partial charge on any atom is 0.233 e. The van der Waals surface area contributed by atoms with Crippen molar-refractivity contribution in [3.63, 3.8) is 0 Å². The summed E-state index contributed by atoms with van der Waals surface area (Å²) in [5.74, 6) is 0.108. The molecule has 1 N–H and O–H groups in total. The fraction of sp³-hybridized carbons (Fsp3) is 0.909. The van der Waals surface area contributed by atoms with Gasteiger partial charge in [-0.2, -0.15) is 0 Å². The van der Waals surface area contributed by atoms with Gasteiger partial charge in [-0.25, -0.2) is 0 Å². The zero-order valence-corrected chi connectivity index (χ0v) is 11.6. The van der Waals surface area contributed by atoms with Crippen LogP contribution in [0.3, 0.4) is 0 Å². The van der Waals surface area contributed by atoms with Gasteiger partial charge in [0.05, 0.1) is 4.83 Å². The van der Waals surface area contributed by atoms with Gasteiger partial charge in [0.15, 0.2) is 0 Å². The average molecular weight is 279 g/mol. The van der Waals surface area contributed by atoms with Crippen molar-refractivity contribution in [2.45, 2.75) is 38.4 Å². The standard InChI is InChI=1S/C11H23BrN2O/c1-4-10(12)11(15)13-8-7-9-14(5-2)6-3/h10H,4-9H2,1-3H3,(H,13,15)/t10-/m1/s1. The largest absolute Gasteiger partial charge is 0.355 e. The van der Waals surface area contributed by atoms with Crippen molar-refractivity contribution in [3.05, 3.63) is 0 Å². The Morgan fingerprint density at radius 2 is 1.93 bits per heavy atom. The van der Waals surface area contributed by atoms with Crippen LogP contribution >= 0.6 is 15.9 Å².